The Kier molecular flexibility index (Phi) is 4.69. The summed E-state index contributed by atoms with van der Waals surface area (Å²) in [6.45, 7) is 1.36. The van der Waals surface area contributed by atoms with Crippen molar-refractivity contribution in [3.8, 4) is 5.75 Å². The van der Waals surface area contributed by atoms with E-state index >= 15 is 0 Å². The number of hydrogen-bond donors (Lipinski definition) is 2. The van der Waals surface area contributed by atoms with E-state index in [9.17, 15) is 18.3 Å². The number of halogens is 5. The molecule has 1 aliphatic heterocycles. The van der Waals surface area contributed by atoms with Crippen molar-refractivity contribution in [1.82, 2.24) is 10.2 Å². The van der Waals surface area contributed by atoms with Crippen LogP contribution in [0.4, 0.5) is 13.2 Å². The molecule has 1 heterocycles. The Bertz CT molecular complexity index is 467. The van der Waals surface area contributed by atoms with Crippen molar-refractivity contribution in [2.45, 2.75) is 12.2 Å². The van der Waals surface area contributed by atoms with Crippen molar-refractivity contribution in [3.05, 3.63) is 27.7 Å². The van der Waals surface area contributed by atoms with Crippen LogP contribution in [0.1, 0.15) is 11.6 Å². The molecule has 1 aromatic rings. The summed E-state index contributed by atoms with van der Waals surface area (Å²) in [6, 6.07) is 0.345. The van der Waals surface area contributed by atoms with Crippen molar-refractivity contribution in [3.63, 3.8) is 0 Å². The van der Waals surface area contributed by atoms with Crippen LogP contribution in [-0.2, 0) is 0 Å². The smallest absolute Gasteiger partial charge is 0.408 e. The molecule has 2 N–H and O–H groups in total. The van der Waals surface area contributed by atoms with E-state index in [-0.39, 0.29) is 28.7 Å². The third-order valence-electron chi connectivity index (χ3n) is 3.17. The lowest BCUT2D eigenvalue weighted by Crippen LogP contribution is -2.49. The molecular formula is C12H13Cl2F3N2O. The summed E-state index contributed by atoms with van der Waals surface area (Å²) in [5.74, 6) is -0.539. The first-order valence-corrected chi connectivity index (χ1v) is 6.75. The number of piperazine rings is 1. The van der Waals surface area contributed by atoms with E-state index in [2.05, 4.69) is 5.32 Å². The van der Waals surface area contributed by atoms with E-state index in [1.54, 1.807) is 0 Å². The van der Waals surface area contributed by atoms with Crippen LogP contribution < -0.4 is 5.32 Å². The summed E-state index contributed by atoms with van der Waals surface area (Å²) in [5.41, 5.74) is -0.342. The molecule has 0 aromatic heterocycles. The molecule has 3 nitrogen and oxygen atoms in total. The molecule has 0 aliphatic carbocycles. The van der Waals surface area contributed by atoms with Gasteiger partial charge in [-0.25, -0.2) is 0 Å². The van der Waals surface area contributed by atoms with Crippen molar-refractivity contribution < 1.29 is 18.3 Å². The predicted octanol–water partition coefficient (Wildman–Crippen LogP) is 3.21. The minimum atomic E-state index is -4.54. The third kappa shape index (κ3) is 3.31. The largest absolute Gasteiger partial charge is 0.507 e. The molecule has 112 valence electrons. The maximum Gasteiger partial charge on any atom is 0.408 e. The topological polar surface area (TPSA) is 35.5 Å². The number of aromatic hydroxyl groups is 1. The number of hydrogen-bond acceptors (Lipinski definition) is 3. The number of rotatable bonds is 2. The van der Waals surface area contributed by atoms with Gasteiger partial charge in [0.1, 0.15) is 11.8 Å². The summed E-state index contributed by atoms with van der Waals surface area (Å²) in [7, 11) is 0. The molecular weight excluding hydrogens is 316 g/mol. The lowest BCUT2D eigenvalue weighted by molar-refractivity contribution is -0.188. The maximum absolute atomic E-state index is 13.4. The Morgan fingerprint density at radius 3 is 2.30 bits per heavy atom. The second-order valence-corrected chi connectivity index (χ2v) is 5.39. The van der Waals surface area contributed by atoms with E-state index < -0.39 is 18.0 Å². The molecule has 1 aliphatic rings. The molecule has 0 bridgehead atoms. The Labute approximate surface area is 124 Å². The van der Waals surface area contributed by atoms with Crippen molar-refractivity contribution in [2.24, 2.45) is 0 Å². The van der Waals surface area contributed by atoms with Gasteiger partial charge in [0, 0.05) is 36.8 Å². The quantitative estimate of drug-likeness (QED) is 0.875. The van der Waals surface area contributed by atoms with Crippen molar-refractivity contribution in [1.29, 1.82) is 0 Å². The van der Waals surface area contributed by atoms with Gasteiger partial charge in [0.15, 0.2) is 0 Å². The molecule has 1 aromatic carbocycles. The fourth-order valence-corrected chi connectivity index (χ4v) is 2.92. The predicted molar refractivity (Wildman–Crippen MR) is 71.4 cm³/mol. The molecule has 1 fully saturated rings. The van der Waals surface area contributed by atoms with Gasteiger partial charge in [0.25, 0.3) is 0 Å². The zero-order valence-corrected chi connectivity index (χ0v) is 11.9. The molecule has 0 saturated carbocycles. The average Bonchev–Trinajstić information content (AvgIpc) is 2.33. The van der Waals surface area contributed by atoms with E-state index in [0.29, 0.717) is 13.1 Å². The Morgan fingerprint density at radius 2 is 1.80 bits per heavy atom. The molecule has 8 heteroatoms. The molecule has 0 radical (unpaired) electrons. The number of nitrogens with zero attached hydrogens (tertiary/aromatic N) is 1. The Hall–Kier alpha value is -0.690. The number of phenolic OH excluding ortho intramolecular Hbond substituents is 1. The lowest BCUT2D eigenvalue weighted by atomic mass is 10.0. The Balaban J connectivity index is 2.46. The first-order valence-electron chi connectivity index (χ1n) is 6.00. The van der Waals surface area contributed by atoms with Crippen LogP contribution >= 0.6 is 23.2 Å². The van der Waals surface area contributed by atoms with Gasteiger partial charge in [-0.3, -0.25) is 4.90 Å². The summed E-state index contributed by atoms with van der Waals surface area (Å²) >= 11 is 11.5. The minimum absolute atomic E-state index is 0.0949. The van der Waals surface area contributed by atoms with E-state index in [0.717, 1.165) is 6.07 Å². The number of nitrogens with one attached hydrogen (secondary N) is 1. The molecule has 1 atom stereocenters. The molecule has 0 spiro atoms. The maximum atomic E-state index is 13.4. The highest BCUT2D eigenvalue weighted by Gasteiger charge is 2.47. The lowest BCUT2D eigenvalue weighted by Gasteiger charge is -2.36. The highest BCUT2D eigenvalue weighted by Crippen LogP contribution is 2.45. The van der Waals surface area contributed by atoms with Crippen LogP contribution in [0.2, 0.25) is 10.0 Å². The fourth-order valence-electron chi connectivity index (χ4n) is 2.34. The van der Waals surface area contributed by atoms with Gasteiger partial charge in [-0.05, 0) is 12.1 Å². The molecule has 0 unspecified atom stereocenters. The molecule has 0 amide bonds. The summed E-state index contributed by atoms with van der Waals surface area (Å²) in [6.07, 6.45) is -4.54. The van der Waals surface area contributed by atoms with Gasteiger partial charge in [-0.1, -0.05) is 23.2 Å². The van der Waals surface area contributed by atoms with Gasteiger partial charge in [0.2, 0.25) is 0 Å². The van der Waals surface area contributed by atoms with Gasteiger partial charge in [-0.2, -0.15) is 13.2 Å². The van der Waals surface area contributed by atoms with Crippen LogP contribution in [0.5, 0.6) is 5.75 Å². The standard InChI is InChI=1S/C12H13Cl2F3N2O/c13-7-5-8(14)10(9(20)6-7)11(12(15,16)17)19-3-1-18-2-4-19/h5-6,11,18,20H,1-4H2/t11-/m0/s1. The number of phenols is 1. The molecule has 20 heavy (non-hydrogen) atoms. The zero-order chi connectivity index (χ0) is 14.9. The molecule has 1 saturated heterocycles. The van der Waals surface area contributed by atoms with Crippen LogP contribution in [0.15, 0.2) is 12.1 Å². The number of benzene rings is 1. The highest BCUT2D eigenvalue weighted by molar-refractivity contribution is 6.35. The second kappa shape index (κ2) is 5.97. The van der Waals surface area contributed by atoms with Gasteiger partial charge < -0.3 is 10.4 Å². The molecule has 2 rings (SSSR count). The van der Waals surface area contributed by atoms with E-state index in [4.69, 9.17) is 23.2 Å². The van der Waals surface area contributed by atoms with Crippen LogP contribution in [-0.4, -0.2) is 42.4 Å². The van der Waals surface area contributed by atoms with Gasteiger partial charge in [0.05, 0.1) is 5.02 Å². The second-order valence-electron chi connectivity index (χ2n) is 4.55. The van der Waals surface area contributed by atoms with E-state index in [1.807, 2.05) is 0 Å². The highest BCUT2D eigenvalue weighted by atomic mass is 35.5. The van der Waals surface area contributed by atoms with Crippen LogP contribution in [0, 0.1) is 0 Å². The van der Waals surface area contributed by atoms with Gasteiger partial charge >= 0.3 is 6.18 Å². The first kappa shape index (κ1) is 15.7. The van der Waals surface area contributed by atoms with Crippen molar-refractivity contribution in [2.75, 3.05) is 26.2 Å². The van der Waals surface area contributed by atoms with Crippen LogP contribution in [0.3, 0.4) is 0 Å². The summed E-state index contributed by atoms with van der Waals surface area (Å²) in [4.78, 5) is 1.26. The monoisotopic (exact) mass is 328 g/mol. The Morgan fingerprint density at radius 1 is 1.20 bits per heavy atom. The normalized spacial score (nSPS) is 19.1. The zero-order valence-electron chi connectivity index (χ0n) is 10.3. The third-order valence-corrected chi connectivity index (χ3v) is 3.70. The fraction of sp³-hybridized carbons (Fsp3) is 0.500. The number of alkyl halides is 3. The SMILES string of the molecule is Oc1cc(Cl)cc(Cl)c1[C@H](N1CCNCC1)C(F)(F)F. The average molecular weight is 329 g/mol. The first-order chi connectivity index (χ1) is 9.30. The van der Waals surface area contributed by atoms with E-state index in [1.165, 1.54) is 11.0 Å². The summed E-state index contributed by atoms with van der Waals surface area (Å²) < 4.78 is 40.2. The van der Waals surface area contributed by atoms with Gasteiger partial charge in [-0.15, -0.1) is 0 Å². The summed E-state index contributed by atoms with van der Waals surface area (Å²) in [5, 5.41) is 12.7. The van der Waals surface area contributed by atoms with Crippen LogP contribution in [0.25, 0.3) is 0 Å². The van der Waals surface area contributed by atoms with Crippen molar-refractivity contribution >= 4 is 23.2 Å². The minimum Gasteiger partial charge on any atom is -0.507 e.